The van der Waals surface area contributed by atoms with Crippen LogP contribution in [0.4, 0.5) is 13.2 Å². The van der Waals surface area contributed by atoms with Gasteiger partial charge >= 0.3 is 6.36 Å². The van der Waals surface area contributed by atoms with Crippen LogP contribution in [0.15, 0.2) is 15.9 Å². The molecule has 1 aromatic heterocycles. The summed E-state index contributed by atoms with van der Waals surface area (Å²) in [7, 11) is -4.45. The monoisotopic (exact) mass is 384 g/mol. The zero-order valence-corrected chi connectivity index (χ0v) is 10.7. The van der Waals surface area contributed by atoms with E-state index in [9.17, 15) is 26.4 Å². The fourth-order valence-electron chi connectivity index (χ4n) is 0.893. The number of primary sulfonamides is 1. The number of halogens is 4. The van der Waals surface area contributed by atoms with Gasteiger partial charge in [0.1, 0.15) is 8.47 Å². The van der Waals surface area contributed by atoms with Crippen LogP contribution in [0, 0.1) is 3.57 Å². The summed E-state index contributed by atoms with van der Waals surface area (Å²) in [4.78, 5) is 12.0. The van der Waals surface area contributed by atoms with Gasteiger partial charge < -0.3 is 9.72 Å². The van der Waals surface area contributed by atoms with E-state index in [0.29, 0.717) is 6.20 Å². The predicted octanol–water partition coefficient (Wildman–Crippen LogP) is 0.526. The Bertz CT molecular complexity index is 594. The lowest BCUT2D eigenvalue weighted by Crippen LogP contribution is -2.25. The third-order valence-corrected chi connectivity index (χ3v) is 3.38. The average molecular weight is 384 g/mol. The smallest absolute Gasteiger partial charge is 0.403 e. The summed E-state index contributed by atoms with van der Waals surface area (Å²) in [6, 6.07) is 0. The molecule has 1 aromatic rings. The highest BCUT2D eigenvalue weighted by Gasteiger charge is 2.35. The summed E-state index contributed by atoms with van der Waals surface area (Å²) in [6.45, 7) is 0. The van der Waals surface area contributed by atoms with Gasteiger partial charge in [-0.2, -0.15) is 0 Å². The molecule has 0 fully saturated rings. The van der Waals surface area contributed by atoms with Crippen molar-refractivity contribution in [2.45, 2.75) is 11.3 Å². The van der Waals surface area contributed by atoms with E-state index in [2.05, 4.69) is 4.74 Å². The van der Waals surface area contributed by atoms with E-state index in [1.807, 2.05) is 4.98 Å². The maximum absolute atomic E-state index is 12.0. The van der Waals surface area contributed by atoms with Crippen LogP contribution in [0.2, 0.25) is 0 Å². The van der Waals surface area contributed by atoms with Crippen molar-refractivity contribution in [1.82, 2.24) is 4.98 Å². The molecular formula is C6H4F3IN2O4S. The molecule has 0 saturated heterocycles. The number of aromatic amines is 1. The lowest BCUT2D eigenvalue weighted by Gasteiger charge is -2.12. The Morgan fingerprint density at radius 3 is 2.35 bits per heavy atom. The van der Waals surface area contributed by atoms with Gasteiger partial charge in [-0.1, -0.05) is 0 Å². The van der Waals surface area contributed by atoms with Gasteiger partial charge in [-0.3, -0.25) is 4.79 Å². The summed E-state index contributed by atoms with van der Waals surface area (Å²) >= 11 is 1.22. The van der Waals surface area contributed by atoms with E-state index >= 15 is 0 Å². The molecule has 0 saturated carbocycles. The highest BCUT2D eigenvalue weighted by molar-refractivity contribution is 14.1. The zero-order chi connectivity index (χ0) is 13.4. The van der Waals surface area contributed by atoms with Crippen molar-refractivity contribution in [2.75, 3.05) is 0 Å². The van der Waals surface area contributed by atoms with Crippen LogP contribution >= 0.6 is 22.6 Å². The maximum Gasteiger partial charge on any atom is 0.573 e. The number of H-pyrrole nitrogens is 1. The normalized spacial score (nSPS) is 12.5. The standard InChI is InChI=1S/C6H4F3IN2O4S/c7-6(8,9)16-4-2(17(11,14)15)1-12-5(13)3(4)10/h1H,(H,12,13)(H2,11,14,15). The minimum absolute atomic E-state index is 0.543. The molecule has 0 unspecified atom stereocenters. The lowest BCUT2D eigenvalue weighted by atomic mass is 10.4. The van der Waals surface area contributed by atoms with Crippen LogP contribution in [0.25, 0.3) is 0 Å². The number of pyridine rings is 1. The van der Waals surface area contributed by atoms with Crippen molar-refractivity contribution < 1.29 is 26.3 Å². The van der Waals surface area contributed by atoms with E-state index in [-0.39, 0.29) is 0 Å². The summed E-state index contributed by atoms with van der Waals surface area (Å²) < 4.78 is 61.1. The van der Waals surface area contributed by atoms with E-state index in [1.165, 1.54) is 22.6 Å². The van der Waals surface area contributed by atoms with Gasteiger partial charge in [0, 0.05) is 6.20 Å². The summed E-state index contributed by atoms with van der Waals surface area (Å²) in [5.74, 6) is -1.13. The number of aromatic nitrogens is 1. The summed E-state index contributed by atoms with van der Waals surface area (Å²) in [5, 5.41) is 4.69. The molecule has 0 aliphatic heterocycles. The largest absolute Gasteiger partial charge is 0.573 e. The molecular weight excluding hydrogens is 380 g/mol. The Morgan fingerprint density at radius 1 is 1.41 bits per heavy atom. The second-order valence-corrected chi connectivity index (χ2v) is 5.33. The quantitative estimate of drug-likeness (QED) is 0.727. The van der Waals surface area contributed by atoms with Gasteiger partial charge in [0.2, 0.25) is 10.0 Å². The third-order valence-electron chi connectivity index (χ3n) is 1.48. The van der Waals surface area contributed by atoms with Gasteiger partial charge in [-0.05, 0) is 22.6 Å². The van der Waals surface area contributed by atoms with Crippen molar-refractivity contribution in [3.05, 3.63) is 20.1 Å². The number of sulfonamides is 1. The molecule has 1 heterocycles. The van der Waals surface area contributed by atoms with E-state index in [4.69, 9.17) is 5.14 Å². The van der Waals surface area contributed by atoms with Crippen molar-refractivity contribution in [1.29, 1.82) is 0 Å². The molecule has 0 aliphatic rings. The van der Waals surface area contributed by atoms with Crippen molar-refractivity contribution in [2.24, 2.45) is 5.14 Å². The Hall–Kier alpha value is -0.820. The lowest BCUT2D eigenvalue weighted by molar-refractivity contribution is -0.276. The molecule has 17 heavy (non-hydrogen) atoms. The maximum atomic E-state index is 12.0. The van der Waals surface area contributed by atoms with Gasteiger partial charge in [-0.25, -0.2) is 13.6 Å². The fourth-order valence-corrected chi connectivity index (χ4v) is 2.26. The first-order valence-electron chi connectivity index (χ1n) is 3.72. The van der Waals surface area contributed by atoms with E-state index in [0.717, 1.165) is 0 Å². The van der Waals surface area contributed by atoms with Gasteiger partial charge in [0.15, 0.2) is 5.75 Å². The van der Waals surface area contributed by atoms with Crippen molar-refractivity contribution in [3.63, 3.8) is 0 Å². The first-order chi connectivity index (χ1) is 7.52. The van der Waals surface area contributed by atoms with E-state index < -0.39 is 36.2 Å². The Kier molecular flexibility index (Phi) is 3.73. The Labute approximate surface area is 106 Å². The summed E-state index contributed by atoms with van der Waals surface area (Å²) in [5.41, 5.74) is -0.919. The van der Waals surface area contributed by atoms with Crippen LogP contribution in [-0.2, 0) is 10.0 Å². The minimum Gasteiger partial charge on any atom is -0.403 e. The molecule has 0 atom stereocenters. The first-order valence-corrected chi connectivity index (χ1v) is 6.34. The van der Waals surface area contributed by atoms with Crippen LogP contribution in [0.5, 0.6) is 5.75 Å². The zero-order valence-electron chi connectivity index (χ0n) is 7.71. The molecule has 0 aromatic carbocycles. The topological polar surface area (TPSA) is 102 Å². The molecule has 0 aliphatic carbocycles. The van der Waals surface area contributed by atoms with Crippen molar-refractivity contribution in [3.8, 4) is 5.75 Å². The second kappa shape index (κ2) is 4.45. The van der Waals surface area contributed by atoms with Crippen LogP contribution < -0.4 is 15.4 Å². The summed E-state index contributed by atoms with van der Waals surface area (Å²) in [6.07, 6.45) is -4.59. The molecule has 0 amide bonds. The number of ether oxygens (including phenoxy) is 1. The fraction of sp³-hybridized carbons (Fsp3) is 0.167. The predicted molar refractivity (Wildman–Crippen MR) is 57.8 cm³/mol. The SMILES string of the molecule is NS(=O)(=O)c1c[nH]c(=O)c(I)c1OC(F)(F)F. The molecule has 1 rings (SSSR count). The molecule has 0 bridgehead atoms. The van der Waals surface area contributed by atoms with Crippen LogP contribution in [-0.4, -0.2) is 19.8 Å². The van der Waals surface area contributed by atoms with Gasteiger partial charge in [0.25, 0.3) is 5.56 Å². The van der Waals surface area contributed by atoms with E-state index in [1.54, 1.807) is 0 Å². The number of alkyl halides is 3. The molecule has 11 heteroatoms. The molecule has 0 radical (unpaired) electrons. The average Bonchev–Trinajstić information content (AvgIpc) is 2.08. The number of hydrogen-bond acceptors (Lipinski definition) is 4. The highest BCUT2D eigenvalue weighted by Crippen LogP contribution is 2.30. The molecule has 6 nitrogen and oxygen atoms in total. The Balaban J connectivity index is 3.54. The number of hydrogen-bond donors (Lipinski definition) is 2. The Morgan fingerprint density at radius 2 is 1.94 bits per heavy atom. The van der Waals surface area contributed by atoms with Gasteiger partial charge in [0.05, 0.1) is 0 Å². The second-order valence-electron chi connectivity index (χ2n) is 2.72. The third kappa shape index (κ3) is 3.57. The van der Waals surface area contributed by atoms with Gasteiger partial charge in [-0.15, -0.1) is 13.2 Å². The number of nitrogens with one attached hydrogen (secondary N) is 1. The number of nitrogens with two attached hydrogens (primary N) is 1. The minimum atomic E-state index is -5.13. The highest BCUT2D eigenvalue weighted by atomic mass is 127. The van der Waals surface area contributed by atoms with Crippen molar-refractivity contribution >= 4 is 32.6 Å². The molecule has 96 valence electrons. The molecule has 0 spiro atoms. The first kappa shape index (κ1) is 14.2. The molecule has 3 N–H and O–H groups in total. The van der Waals surface area contributed by atoms with Crippen LogP contribution in [0.1, 0.15) is 0 Å². The van der Waals surface area contributed by atoms with Crippen LogP contribution in [0.3, 0.4) is 0 Å². The number of rotatable bonds is 2.